The van der Waals surface area contributed by atoms with Gasteiger partial charge >= 0.3 is 0 Å². The van der Waals surface area contributed by atoms with Crippen LogP contribution in [0.15, 0.2) is 6.07 Å². The Hall–Kier alpha value is -0.530. The first-order valence-electron chi connectivity index (χ1n) is 5.37. The van der Waals surface area contributed by atoms with Gasteiger partial charge in [0.2, 0.25) is 0 Å². The van der Waals surface area contributed by atoms with Crippen molar-refractivity contribution in [1.82, 2.24) is 0 Å². The van der Waals surface area contributed by atoms with Gasteiger partial charge in [0.1, 0.15) is 0 Å². The first kappa shape index (κ1) is 12.5. The fourth-order valence-corrected chi connectivity index (χ4v) is 2.30. The molecule has 1 aromatic rings. The maximum Gasteiger partial charge on any atom is 0.0311 e. The lowest BCUT2D eigenvalue weighted by molar-refractivity contribution is 0.691. The van der Waals surface area contributed by atoms with Gasteiger partial charge in [0.15, 0.2) is 0 Å². The van der Waals surface area contributed by atoms with Crippen molar-refractivity contribution < 1.29 is 0 Å². The molecule has 1 unspecified atom stereocenters. The summed E-state index contributed by atoms with van der Waals surface area (Å²) in [4.78, 5) is 0. The standard InChI is InChI=1S/C13H20ClN/c1-8-7-9(2)11(4)13(10(8)3)12(15)5-6-14/h7,12H,5-6,15H2,1-4H3. The van der Waals surface area contributed by atoms with Crippen molar-refractivity contribution in [1.29, 1.82) is 0 Å². The van der Waals surface area contributed by atoms with Gasteiger partial charge in [0, 0.05) is 11.9 Å². The first-order chi connectivity index (χ1) is 6.99. The Balaban J connectivity index is 3.26. The number of benzene rings is 1. The summed E-state index contributed by atoms with van der Waals surface area (Å²) in [6.07, 6.45) is 0.839. The van der Waals surface area contributed by atoms with E-state index in [0.717, 1.165) is 6.42 Å². The number of nitrogens with two attached hydrogens (primary N) is 1. The van der Waals surface area contributed by atoms with Crippen molar-refractivity contribution in [2.24, 2.45) is 5.73 Å². The van der Waals surface area contributed by atoms with Crippen LogP contribution in [0.2, 0.25) is 0 Å². The smallest absolute Gasteiger partial charge is 0.0311 e. The van der Waals surface area contributed by atoms with Crippen LogP contribution in [0.4, 0.5) is 0 Å². The van der Waals surface area contributed by atoms with Gasteiger partial charge in [0.25, 0.3) is 0 Å². The average molecular weight is 226 g/mol. The summed E-state index contributed by atoms with van der Waals surface area (Å²) in [5.74, 6) is 0.618. The van der Waals surface area contributed by atoms with Gasteiger partial charge in [-0.2, -0.15) is 0 Å². The highest BCUT2D eigenvalue weighted by Gasteiger charge is 2.14. The quantitative estimate of drug-likeness (QED) is 0.783. The largest absolute Gasteiger partial charge is 0.324 e. The molecule has 1 nitrogen and oxygen atoms in total. The normalized spacial score (nSPS) is 12.9. The Morgan fingerprint density at radius 3 is 2.00 bits per heavy atom. The third-order valence-electron chi connectivity index (χ3n) is 3.21. The summed E-state index contributed by atoms with van der Waals surface area (Å²) in [6, 6.07) is 2.29. The zero-order valence-electron chi connectivity index (χ0n) is 10.0. The number of halogens is 1. The van der Waals surface area contributed by atoms with Crippen LogP contribution in [0, 0.1) is 27.7 Å². The Kier molecular flexibility index (Phi) is 4.18. The molecule has 84 valence electrons. The number of hydrogen-bond donors (Lipinski definition) is 1. The molecule has 0 saturated heterocycles. The van der Waals surface area contributed by atoms with E-state index in [0.29, 0.717) is 5.88 Å². The van der Waals surface area contributed by atoms with Crippen molar-refractivity contribution in [3.8, 4) is 0 Å². The molecule has 1 rings (SSSR count). The molecule has 1 atom stereocenters. The Bertz CT molecular complexity index is 332. The Morgan fingerprint density at radius 1 is 1.13 bits per heavy atom. The molecule has 2 N–H and O–H groups in total. The zero-order chi connectivity index (χ0) is 11.6. The molecule has 1 aromatic carbocycles. The molecule has 0 saturated carbocycles. The van der Waals surface area contributed by atoms with E-state index in [1.54, 1.807) is 0 Å². The van der Waals surface area contributed by atoms with E-state index in [1.807, 2.05) is 0 Å². The van der Waals surface area contributed by atoms with E-state index in [2.05, 4.69) is 33.8 Å². The van der Waals surface area contributed by atoms with Crippen LogP contribution >= 0.6 is 11.6 Å². The minimum atomic E-state index is 0.0705. The molecule has 0 aliphatic rings. The van der Waals surface area contributed by atoms with Gasteiger partial charge < -0.3 is 5.73 Å². The van der Waals surface area contributed by atoms with Crippen molar-refractivity contribution in [3.63, 3.8) is 0 Å². The maximum atomic E-state index is 6.16. The Morgan fingerprint density at radius 2 is 1.60 bits per heavy atom. The monoisotopic (exact) mass is 225 g/mol. The van der Waals surface area contributed by atoms with Gasteiger partial charge in [-0.25, -0.2) is 0 Å². The molecule has 0 aliphatic heterocycles. The molecule has 0 spiro atoms. The van der Waals surface area contributed by atoms with E-state index in [1.165, 1.54) is 27.8 Å². The fraction of sp³-hybridized carbons (Fsp3) is 0.538. The van der Waals surface area contributed by atoms with Crippen LogP contribution in [0.25, 0.3) is 0 Å². The third kappa shape index (κ3) is 2.53. The van der Waals surface area contributed by atoms with Crippen LogP contribution < -0.4 is 5.73 Å². The summed E-state index contributed by atoms with van der Waals surface area (Å²) in [7, 11) is 0. The zero-order valence-corrected chi connectivity index (χ0v) is 10.8. The van der Waals surface area contributed by atoms with Crippen LogP contribution in [0.3, 0.4) is 0 Å². The van der Waals surface area contributed by atoms with Crippen LogP contribution in [-0.4, -0.2) is 5.88 Å². The maximum absolute atomic E-state index is 6.16. The van der Waals surface area contributed by atoms with E-state index >= 15 is 0 Å². The molecule has 0 heterocycles. The molecule has 0 amide bonds. The van der Waals surface area contributed by atoms with E-state index < -0.39 is 0 Å². The molecular weight excluding hydrogens is 206 g/mol. The van der Waals surface area contributed by atoms with Crippen molar-refractivity contribution in [2.75, 3.05) is 5.88 Å². The average Bonchev–Trinajstić information content (AvgIpc) is 2.16. The molecule has 0 bridgehead atoms. The molecule has 0 aromatic heterocycles. The van der Waals surface area contributed by atoms with Crippen LogP contribution in [0.5, 0.6) is 0 Å². The van der Waals surface area contributed by atoms with Gasteiger partial charge in [-0.15, -0.1) is 11.6 Å². The second-order valence-corrected chi connectivity index (χ2v) is 4.64. The lowest BCUT2D eigenvalue weighted by atomic mass is 9.89. The minimum Gasteiger partial charge on any atom is -0.324 e. The van der Waals surface area contributed by atoms with Crippen molar-refractivity contribution in [3.05, 3.63) is 33.9 Å². The van der Waals surface area contributed by atoms with E-state index in [9.17, 15) is 0 Å². The second kappa shape index (κ2) is 5.00. The van der Waals surface area contributed by atoms with Crippen molar-refractivity contribution >= 4 is 11.6 Å². The van der Waals surface area contributed by atoms with Crippen LogP contribution in [0.1, 0.15) is 40.3 Å². The highest BCUT2D eigenvalue weighted by atomic mass is 35.5. The highest BCUT2D eigenvalue weighted by molar-refractivity contribution is 6.17. The summed E-state index contributed by atoms with van der Waals surface area (Å²) < 4.78 is 0. The molecule has 15 heavy (non-hydrogen) atoms. The predicted molar refractivity (Wildman–Crippen MR) is 67.7 cm³/mol. The predicted octanol–water partition coefficient (Wildman–Crippen LogP) is 3.55. The topological polar surface area (TPSA) is 26.0 Å². The van der Waals surface area contributed by atoms with Gasteiger partial charge in [-0.3, -0.25) is 0 Å². The number of hydrogen-bond acceptors (Lipinski definition) is 1. The molecule has 2 heteroatoms. The Labute approximate surface area is 97.6 Å². The van der Waals surface area contributed by atoms with Crippen molar-refractivity contribution in [2.45, 2.75) is 40.2 Å². The van der Waals surface area contributed by atoms with Gasteiger partial charge in [-0.05, 0) is 61.9 Å². The van der Waals surface area contributed by atoms with Gasteiger partial charge in [-0.1, -0.05) is 6.07 Å². The molecular formula is C13H20ClN. The lowest BCUT2D eigenvalue weighted by Crippen LogP contribution is -2.15. The van der Waals surface area contributed by atoms with Gasteiger partial charge in [0.05, 0.1) is 0 Å². The fourth-order valence-electron chi connectivity index (χ4n) is 2.07. The summed E-state index contributed by atoms with van der Waals surface area (Å²) in [5, 5.41) is 0. The number of alkyl halides is 1. The second-order valence-electron chi connectivity index (χ2n) is 4.26. The SMILES string of the molecule is Cc1cc(C)c(C)c(C(N)CCCl)c1C. The van der Waals surface area contributed by atoms with Crippen LogP contribution in [-0.2, 0) is 0 Å². The van der Waals surface area contributed by atoms with E-state index in [-0.39, 0.29) is 6.04 Å². The summed E-state index contributed by atoms with van der Waals surface area (Å²) in [5.41, 5.74) is 12.7. The lowest BCUT2D eigenvalue weighted by Gasteiger charge is -2.20. The molecule has 0 aliphatic carbocycles. The number of rotatable bonds is 3. The summed E-state index contributed by atoms with van der Waals surface area (Å²) in [6.45, 7) is 8.56. The first-order valence-corrected chi connectivity index (χ1v) is 5.91. The molecule has 0 radical (unpaired) electrons. The number of aryl methyl sites for hydroxylation is 2. The molecule has 0 fully saturated rings. The van der Waals surface area contributed by atoms with E-state index in [4.69, 9.17) is 17.3 Å². The third-order valence-corrected chi connectivity index (χ3v) is 3.43. The highest BCUT2D eigenvalue weighted by Crippen LogP contribution is 2.27. The summed E-state index contributed by atoms with van der Waals surface area (Å²) >= 11 is 5.75. The minimum absolute atomic E-state index is 0.0705.